The van der Waals surface area contributed by atoms with E-state index in [0.717, 1.165) is 59.7 Å². The van der Waals surface area contributed by atoms with Crippen LogP contribution in [-0.2, 0) is 11.2 Å². The van der Waals surface area contributed by atoms with Crippen molar-refractivity contribution >= 4 is 40.2 Å². The Morgan fingerprint density at radius 1 is 1.03 bits per heavy atom. The third-order valence-corrected chi connectivity index (χ3v) is 8.57. The Morgan fingerprint density at radius 3 is 2.58 bits per heavy atom. The fraction of sp³-hybridized carbons (Fsp3) is 0.276. The SMILES string of the molecule is Cc1ccc(NC(=O)c2csc(C3CCN(C(=O)CCc4cccs4)CC3)n2)c(-c2ccccc2)c1. The van der Waals surface area contributed by atoms with E-state index >= 15 is 0 Å². The molecule has 0 spiro atoms. The molecule has 0 radical (unpaired) electrons. The molecule has 0 saturated carbocycles. The number of anilines is 1. The smallest absolute Gasteiger partial charge is 0.275 e. The number of aromatic nitrogens is 1. The fourth-order valence-corrected chi connectivity index (χ4v) is 6.29. The van der Waals surface area contributed by atoms with E-state index in [4.69, 9.17) is 4.98 Å². The minimum atomic E-state index is -0.195. The Hall–Kier alpha value is -3.29. The highest BCUT2D eigenvalue weighted by atomic mass is 32.1. The summed E-state index contributed by atoms with van der Waals surface area (Å²) in [4.78, 5) is 33.6. The molecule has 5 nitrogen and oxygen atoms in total. The minimum absolute atomic E-state index is 0.195. The average molecular weight is 516 g/mol. The van der Waals surface area contributed by atoms with Gasteiger partial charge in [-0.2, -0.15) is 0 Å². The summed E-state index contributed by atoms with van der Waals surface area (Å²) in [6, 6.07) is 20.2. The number of thiazole rings is 1. The van der Waals surface area contributed by atoms with Gasteiger partial charge >= 0.3 is 0 Å². The number of nitrogens with one attached hydrogen (secondary N) is 1. The van der Waals surface area contributed by atoms with Crippen molar-refractivity contribution in [3.63, 3.8) is 0 Å². The first-order chi connectivity index (χ1) is 17.6. The summed E-state index contributed by atoms with van der Waals surface area (Å²) in [6.45, 7) is 3.55. The monoisotopic (exact) mass is 515 g/mol. The molecule has 7 heteroatoms. The molecule has 0 bridgehead atoms. The zero-order valence-corrected chi connectivity index (χ0v) is 21.9. The molecule has 2 aromatic carbocycles. The summed E-state index contributed by atoms with van der Waals surface area (Å²) in [5, 5.41) is 7.95. The second-order valence-electron chi connectivity index (χ2n) is 9.17. The minimum Gasteiger partial charge on any atom is -0.343 e. The first-order valence-corrected chi connectivity index (χ1v) is 14.1. The van der Waals surface area contributed by atoms with Crippen molar-refractivity contribution in [2.24, 2.45) is 0 Å². The molecule has 0 aliphatic carbocycles. The van der Waals surface area contributed by atoms with Gasteiger partial charge in [0.1, 0.15) is 5.69 Å². The summed E-state index contributed by atoms with van der Waals surface area (Å²) in [5.41, 5.74) is 4.42. The number of hydrogen-bond donors (Lipinski definition) is 1. The Morgan fingerprint density at radius 2 is 1.83 bits per heavy atom. The van der Waals surface area contributed by atoms with E-state index in [9.17, 15) is 9.59 Å². The molecule has 1 saturated heterocycles. The van der Waals surface area contributed by atoms with Gasteiger partial charge in [0, 0.05) is 46.9 Å². The van der Waals surface area contributed by atoms with E-state index in [0.29, 0.717) is 12.1 Å². The van der Waals surface area contributed by atoms with Gasteiger partial charge in [-0.15, -0.1) is 22.7 Å². The Bertz CT molecular complexity index is 1320. The molecule has 184 valence electrons. The maximum atomic E-state index is 13.1. The molecular formula is C29H29N3O2S2. The number of rotatable bonds is 7. The molecule has 1 fully saturated rings. The maximum Gasteiger partial charge on any atom is 0.275 e. The van der Waals surface area contributed by atoms with Crippen LogP contribution in [0.1, 0.15) is 51.1 Å². The molecule has 5 rings (SSSR count). The summed E-state index contributed by atoms with van der Waals surface area (Å²) in [7, 11) is 0. The lowest BCUT2D eigenvalue weighted by atomic mass is 9.97. The van der Waals surface area contributed by atoms with Crippen molar-refractivity contribution in [3.05, 3.63) is 92.6 Å². The van der Waals surface area contributed by atoms with Gasteiger partial charge < -0.3 is 10.2 Å². The average Bonchev–Trinajstić information content (AvgIpc) is 3.62. The van der Waals surface area contributed by atoms with Crippen LogP contribution >= 0.6 is 22.7 Å². The lowest BCUT2D eigenvalue weighted by Crippen LogP contribution is -2.38. The highest BCUT2D eigenvalue weighted by Gasteiger charge is 2.26. The topological polar surface area (TPSA) is 62.3 Å². The predicted molar refractivity (Wildman–Crippen MR) is 148 cm³/mol. The third kappa shape index (κ3) is 5.74. The van der Waals surface area contributed by atoms with Crippen LogP contribution in [0.2, 0.25) is 0 Å². The van der Waals surface area contributed by atoms with Gasteiger partial charge in [-0.1, -0.05) is 48.0 Å². The van der Waals surface area contributed by atoms with Gasteiger partial charge in [-0.25, -0.2) is 4.98 Å². The van der Waals surface area contributed by atoms with E-state index in [2.05, 4.69) is 22.8 Å². The van der Waals surface area contributed by atoms with Crippen LogP contribution in [0.15, 0.2) is 71.4 Å². The van der Waals surface area contributed by atoms with Crippen molar-refractivity contribution < 1.29 is 9.59 Å². The number of hydrogen-bond acceptors (Lipinski definition) is 5. The zero-order chi connectivity index (χ0) is 24.9. The highest BCUT2D eigenvalue weighted by Crippen LogP contribution is 2.32. The molecule has 2 amide bonds. The van der Waals surface area contributed by atoms with Crippen LogP contribution in [0.5, 0.6) is 0 Å². The molecule has 0 unspecified atom stereocenters. The largest absolute Gasteiger partial charge is 0.343 e. The van der Waals surface area contributed by atoms with Crippen LogP contribution in [0.4, 0.5) is 5.69 Å². The quantitative estimate of drug-likeness (QED) is 0.295. The van der Waals surface area contributed by atoms with E-state index in [1.165, 1.54) is 4.88 Å². The standard InChI is InChI=1S/C29H29N3O2S2/c1-20-9-11-25(24(18-20)21-6-3-2-4-7-21)30-28(34)26-19-36-29(31-26)22-13-15-32(16-14-22)27(33)12-10-23-8-5-17-35-23/h2-9,11,17-19,22H,10,12-16H2,1H3,(H,30,34). The van der Waals surface area contributed by atoms with Gasteiger partial charge in [0.2, 0.25) is 5.91 Å². The van der Waals surface area contributed by atoms with Gasteiger partial charge in [-0.3, -0.25) is 9.59 Å². The third-order valence-electron chi connectivity index (χ3n) is 6.62. The summed E-state index contributed by atoms with van der Waals surface area (Å²) < 4.78 is 0. The first-order valence-electron chi connectivity index (χ1n) is 12.3. The second kappa shape index (κ2) is 11.2. The maximum absolute atomic E-state index is 13.1. The Labute approximate surface area is 219 Å². The highest BCUT2D eigenvalue weighted by molar-refractivity contribution is 7.10. The lowest BCUT2D eigenvalue weighted by Gasteiger charge is -2.31. The number of benzene rings is 2. The van der Waals surface area contributed by atoms with E-state index in [-0.39, 0.29) is 17.7 Å². The molecule has 1 aliphatic rings. The van der Waals surface area contributed by atoms with E-state index < -0.39 is 0 Å². The predicted octanol–water partition coefficient (Wildman–Crippen LogP) is 6.77. The molecule has 1 N–H and O–H groups in total. The Kier molecular flexibility index (Phi) is 7.58. The van der Waals surface area contributed by atoms with Crippen LogP contribution < -0.4 is 5.32 Å². The van der Waals surface area contributed by atoms with E-state index in [1.54, 1.807) is 22.7 Å². The second-order valence-corrected chi connectivity index (χ2v) is 11.1. The van der Waals surface area contributed by atoms with Crippen molar-refractivity contribution in [1.82, 2.24) is 9.88 Å². The molecular weight excluding hydrogens is 486 g/mol. The van der Waals surface area contributed by atoms with Gasteiger partial charge in [-0.05, 0) is 55.3 Å². The molecule has 1 aliphatic heterocycles. The molecule has 36 heavy (non-hydrogen) atoms. The summed E-state index contributed by atoms with van der Waals surface area (Å²) >= 11 is 3.25. The van der Waals surface area contributed by atoms with Crippen molar-refractivity contribution in [2.45, 2.75) is 38.5 Å². The van der Waals surface area contributed by atoms with Crippen molar-refractivity contribution in [1.29, 1.82) is 0 Å². The van der Waals surface area contributed by atoms with Crippen LogP contribution in [0, 0.1) is 6.92 Å². The van der Waals surface area contributed by atoms with Gasteiger partial charge in [0.25, 0.3) is 5.91 Å². The normalized spacial score (nSPS) is 14.1. The van der Waals surface area contributed by atoms with Crippen molar-refractivity contribution in [3.8, 4) is 11.1 Å². The van der Waals surface area contributed by atoms with Crippen molar-refractivity contribution in [2.75, 3.05) is 18.4 Å². The number of aryl methyl sites for hydroxylation is 2. The molecule has 3 heterocycles. The van der Waals surface area contributed by atoms with Crippen LogP contribution in [-0.4, -0.2) is 34.8 Å². The Balaban J connectivity index is 1.19. The number of carbonyl (C=O) groups is 2. The number of nitrogens with zero attached hydrogens (tertiary/aromatic N) is 2. The molecule has 4 aromatic rings. The number of thiophene rings is 1. The van der Waals surface area contributed by atoms with Crippen LogP contribution in [0.3, 0.4) is 0 Å². The first kappa shape index (κ1) is 24.4. The van der Waals surface area contributed by atoms with E-state index in [1.807, 2.05) is 65.7 Å². The number of piperidine rings is 1. The fourth-order valence-electron chi connectivity index (χ4n) is 4.61. The van der Waals surface area contributed by atoms with Gasteiger partial charge in [0.05, 0.1) is 5.01 Å². The number of carbonyl (C=O) groups excluding carboxylic acids is 2. The van der Waals surface area contributed by atoms with Gasteiger partial charge in [0.15, 0.2) is 0 Å². The molecule has 0 atom stereocenters. The summed E-state index contributed by atoms with van der Waals surface area (Å²) in [5.74, 6) is 0.324. The number of amides is 2. The van der Waals surface area contributed by atoms with Crippen LogP contribution in [0.25, 0.3) is 11.1 Å². The summed E-state index contributed by atoms with van der Waals surface area (Å²) in [6.07, 6.45) is 3.15. The number of likely N-dealkylation sites (tertiary alicyclic amines) is 1. The zero-order valence-electron chi connectivity index (χ0n) is 20.3. The lowest BCUT2D eigenvalue weighted by molar-refractivity contribution is -0.132. The molecule has 2 aromatic heterocycles.